The lowest BCUT2D eigenvalue weighted by Gasteiger charge is -2.05. The van der Waals surface area contributed by atoms with Crippen molar-refractivity contribution in [2.24, 2.45) is 0 Å². The van der Waals surface area contributed by atoms with E-state index in [1.807, 2.05) is 18.2 Å². The first-order valence-corrected chi connectivity index (χ1v) is 7.57. The van der Waals surface area contributed by atoms with Gasteiger partial charge in [-0.1, -0.05) is 37.3 Å². The number of hydrogen-bond acceptors (Lipinski definition) is 5. The molecule has 0 saturated heterocycles. The molecule has 0 amide bonds. The molecule has 0 saturated carbocycles. The Kier molecular flexibility index (Phi) is 5.22. The molecule has 0 aliphatic carbocycles. The Bertz CT molecular complexity index is 598. The van der Waals surface area contributed by atoms with E-state index in [4.69, 9.17) is 5.26 Å². The molecule has 1 N–H and O–H groups in total. The fraction of sp³-hybridized carbons (Fsp3) is 0.400. The maximum absolute atomic E-state index is 8.91. The molecule has 0 fully saturated rings. The number of rotatable bonds is 6. The van der Waals surface area contributed by atoms with Crippen LogP contribution in [-0.2, 0) is 6.42 Å². The second-order valence-electron chi connectivity index (χ2n) is 4.91. The SMILES string of the molecule is CC(C)NCCCc1nnc(-c2cccc(C#N)c2)s1. The first-order valence-electron chi connectivity index (χ1n) is 6.75. The average Bonchev–Trinajstić information content (AvgIpc) is 2.92. The summed E-state index contributed by atoms with van der Waals surface area (Å²) >= 11 is 1.60. The van der Waals surface area contributed by atoms with Crippen molar-refractivity contribution in [3.63, 3.8) is 0 Å². The molecule has 0 aliphatic heterocycles. The van der Waals surface area contributed by atoms with E-state index in [0.29, 0.717) is 11.6 Å². The number of nitriles is 1. The predicted molar refractivity (Wildman–Crippen MR) is 81.5 cm³/mol. The van der Waals surface area contributed by atoms with Crippen molar-refractivity contribution in [1.82, 2.24) is 15.5 Å². The Morgan fingerprint density at radius 2 is 2.20 bits per heavy atom. The van der Waals surface area contributed by atoms with Crippen LogP contribution in [0, 0.1) is 11.3 Å². The standard InChI is InChI=1S/C15H18N4S/c1-11(2)17-8-4-7-14-18-19-15(20-14)13-6-3-5-12(9-13)10-16/h3,5-6,9,11,17H,4,7-8H2,1-2H3. The highest BCUT2D eigenvalue weighted by atomic mass is 32.1. The van der Waals surface area contributed by atoms with E-state index in [9.17, 15) is 0 Å². The molecule has 20 heavy (non-hydrogen) atoms. The van der Waals surface area contributed by atoms with E-state index in [1.165, 1.54) is 0 Å². The van der Waals surface area contributed by atoms with Gasteiger partial charge < -0.3 is 5.32 Å². The van der Waals surface area contributed by atoms with Gasteiger partial charge in [-0.3, -0.25) is 0 Å². The molecule has 0 radical (unpaired) electrons. The van der Waals surface area contributed by atoms with Crippen LogP contribution in [0.1, 0.15) is 30.8 Å². The van der Waals surface area contributed by atoms with Crippen molar-refractivity contribution in [3.05, 3.63) is 34.8 Å². The molecule has 0 atom stereocenters. The minimum atomic E-state index is 0.522. The average molecular weight is 286 g/mol. The van der Waals surface area contributed by atoms with E-state index in [2.05, 4.69) is 35.4 Å². The highest BCUT2D eigenvalue weighted by molar-refractivity contribution is 7.14. The van der Waals surface area contributed by atoms with Gasteiger partial charge in [0.25, 0.3) is 0 Å². The van der Waals surface area contributed by atoms with Gasteiger partial charge >= 0.3 is 0 Å². The number of nitrogens with zero attached hydrogens (tertiary/aromatic N) is 3. The number of nitrogens with one attached hydrogen (secondary N) is 1. The molecule has 1 aromatic heterocycles. The summed E-state index contributed by atoms with van der Waals surface area (Å²) in [4.78, 5) is 0. The molecule has 0 bridgehead atoms. The fourth-order valence-corrected chi connectivity index (χ4v) is 2.70. The smallest absolute Gasteiger partial charge is 0.147 e. The molecule has 2 rings (SSSR count). The third-order valence-corrected chi connectivity index (χ3v) is 3.86. The Balaban J connectivity index is 1.96. The Morgan fingerprint density at radius 1 is 1.35 bits per heavy atom. The molecule has 2 aromatic rings. The van der Waals surface area contributed by atoms with Crippen LogP contribution in [0.2, 0.25) is 0 Å². The molecule has 0 spiro atoms. The zero-order valence-electron chi connectivity index (χ0n) is 11.8. The van der Waals surface area contributed by atoms with Gasteiger partial charge in [0, 0.05) is 18.0 Å². The highest BCUT2D eigenvalue weighted by Gasteiger charge is 2.07. The molecule has 0 aliphatic rings. The zero-order valence-corrected chi connectivity index (χ0v) is 12.6. The molecule has 4 nitrogen and oxygen atoms in total. The lowest BCUT2D eigenvalue weighted by Crippen LogP contribution is -2.23. The van der Waals surface area contributed by atoms with Crippen molar-refractivity contribution in [2.75, 3.05) is 6.54 Å². The monoisotopic (exact) mass is 286 g/mol. The second-order valence-corrected chi connectivity index (χ2v) is 5.97. The third-order valence-electron chi connectivity index (χ3n) is 2.83. The molecule has 1 aromatic carbocycles. The van der Waals surface area contributed by atoms with Crippen LogP contribution in [0.25, 0.3) is 10.6 Å². The Hall–Kier alpha value is -1.77. The van der Waals surface area contributed by atoms with E-state index in [0.717, 1.165) is 35.0 Å². The largest absolute Gasteiger partial charge is 0.315 e. The lowest BCUT2D eigenvalue weighted by atomic mass is 10.1. The van der Waals surface area contributed by atoms with E-state index < -0.39 is 0 Å². The van der Waals surface area contributed by atoms with Crippen molar-refractivity contribution in [1.29, 1.82) is 5.26 Å². The summed E-state index contributed by atoms with van der Waals surface area (Å²) < 4.78 is 0. The molecular weight excluding hydrogens is 268 g/mol. The zero-order chi connectivity index (χ0) is 14.4. The van der Waals surface area contributed by atoms with E-state index >= 15 is 0 Å². The van der Waals surface area contributed by atoms with Crippen molar-refractivity contribution < 1.29 is 0 Å². The fourth-order valence-electron chi connectivity index (χ4n) is 1.82. The van der Waals surface area contributed by atoms with Gasteiger partial charge in [-0.15, -0.1) is 10.2 Å². The van der Waals surface area contributed by atoms with Crippen molar-refractivity contribution >= 4 is 11.3 Å². The summed E-state index contributed by atoms with van der Waals surface area (Å²) in [5.74, 6) is 0. The van der Waals surface area contributed by atoms with Crippen LogP contribution in [-0.4, -0.2) is 22.8 Å². The highest BCUT2D eigenvalue weighted by Crippen LogP contribution is 2.24. The van der Waals surface area contributed by atoms with Gasteiger partial charge in [-0.2, -0.15) is 5.26 Å². The van der Waals surface area contributed by atoms with Gasteiger partial charge in [0.15, 0.2) is 0 Å². The first-order chi connectivity index (χ1) is 9.69. The molecule has 1 heterocycles. The quantitative estimate of drug-likeness (QED) is 0.829. The minimum Gasteiger partial charge on any atom is -0.315 e. The summed E-state index contributed by atoms with van der Waals surface area (Å²) in [6, 6.07) is 10.2. The van der Waals surface area contributed by atoms with Crippen LogP contribution in [0.3, 0.4) is 0 Å². The molecule has 5 heteroatoms. The molecular formula is C15H18N4S. The Labute approximate surface area is 123 Å². The number of hydrogen-bond donors (Lipinski definition) is 1. The van der Waals surface area contributed by atoms with Gasteiger partial charge in [0.05, 0.1) is 11.6 Å². The summed E-state index contributed by atoms with van der Waals surface area (Å²) in [6.07, 6.45) is 2.00. The van der Waals surface area contributed by atoms with Crippen molar-refractivity contribution in [2.45, 2.75) is 32.7 Å². The van der Waals surface area contributed by atoms with Crippen LogP contribution in [0.5, 0.6) is 0 Å². The van der Waals surface area contributed by atoms with Crippen LogP contribution >= 0.6 is 11.3 Å². The molecule has 0 unspecified atom stereocenters. The van der Waals surface area contributed by atoms with Gasteiger partial charge in [0.1, 0.15) is 10.0 Å². The van der Waals surface area contributed by atoms with E-state index in [1.54, 1.807) is 17.4 Å². The second kappa shape index (κ2) is 7.13. The topological polar surface area (TPSA) is 61.6 Å². The summed E-state index contributed by atoms with van der Waals surface area (Å²) in [5, 5.41) is 22.7. The third kappa shape index (κ3) is 4.12. The lowest BCUT2D eigenvalue weighted by molar-refractivity contribution is 0.569. The summed E-state index contributed by atoms with van der Waals surface area (Å²) in [5.41, 5.74) is 1.62. The first kappa shape index (κ1) is 14.6. The summed E-state index contributed by atoms with van der Waals surface area (Å²) in [7, 11) is 0. The van der Waals surface area contributed by atoms with Gasteiger partial charge in [-0.25, -0.2) is 0 Å². The van der Waals surface area contributed by atoms with Gasteiger partial charge in [-0.05, 0) is 25.1 Å². The predicted octanol–water partition coefficient (Wildman–Crippen LogP) is 3.01. The Morgan fingerprint density at radius 3 is 2.95 bits per heavy atom. The van der Waals surface area contributed by atoms with Crippen LogP contribution in [0.4, 0.5) is 0 Å². The van der Waals surface area contributed by atoms with E-state index in [-0.39, 0.29) is 0 Å². The van der Waals surface area contributed by atoms with Crippen LogP contribution in [0.15, 0.2) is 24.3 Å². The summed E-state index contributed by atoms with van der Waals surface area (Å²) in [6.45, 7) is 5.28. The minimum absolute atomic E-state index is 0.522. The maximum Gasteiger partial charge on any atom is 0.147 e. The maximum atomic E-state index is 8.91. The number of aromatic nitrogens is 2. The molecule has 104 valence electrons. The van der Waals surface area contributed by atoms with Crippen LogP contribution < -0.4 is 5.32 Å². The van der Waals surface area contributed by atoms with Crippen molar-refractivity contribution in [3.8, 4) is 16.6 Å². The number of aryl methyl sites for hydroxylation is 1. The number of benzene rings is 1. The van der Waals surface area contributed by atoms with Gasteiger partial charge in [0.2, 0.25) is 0 Å². The normalized spacial score (nSPS) is 10.7.